The number of phenolic OH excluding ortho intramolecular Hbond substituents is 2. The Balaban J connectivity index is 2.37. The summed E-state index contributed by atoms with van der Waals surface area (Å²) in [5.41, 5.74) is 0.353. The van der Waals surface area contributed by atoms with Crippen molar-refractivity contribution in [2.75, 3.05) is 20.8 Å². The van der Waals surface area contributed by atoms with Gasteiger partial charge in [0.25, 0.3) is 10.2 Å². The quantitative estimate of drug-likeness (QED) is 0.360. The van der Waals surface area contributed by atoms with Crippen molar-refractivity contribution in [2.24, 2.45) is 0 Å². The molecule has 3 atom stereocenters. The molecule has 0 aliphatic carbocycles. The Morgan fingerprint density at radius 3 is 2.18 bits per heavy atom. The molecule has 0 saturated carbocycles. The van der Waals surface area contributed by atoms with E-state index in [1.807, 2.05) is 0 Å². The Morgan fingerprint density at radius 2 is 1.64 bits per heavy atom. The van der Waals surface area contributed by atoms with Gasteiger partial charge in [-0.15, -0.1) is 20.2 Å². The summed E-state index contributed by atoms with van der Waals surface area (Å²) in [6, 6.07) is 0. The highest BCUT2D eigenvalue weighted by Gasteiger charge is 2.41. The fourth-order valence-electron chi connectivity index (χ4n) is 2.79. The highest BCUT2D eigenvalue weighted by Crippen LogP contribution is 2.48. The number of phenols is 2. The minimum Gasteiger partial charge on any atom is -0.504 e. The van der Waals surface area contributed by atoms with E-state index in [2.05, 4.69) is 9.68 Å². The summed E-state index contributed by atoms with van der Waals surface area (Å²) in [4.78, 5) is 30.0. The van der Waals surface area contributed by atoms with Crippen LogP contribution in [0.4, 0.5) is 0 Å². The van der Waals surface area contributed by atoms with Gasteiger partial charge in [-0.25, -0.2) is 0 Å². The van der Waals surface area contributed by atoms with Crippen LogP contribution in [0.1, 0.15) is 11.1 Å². The molecule has 1 fully saturated rings. The van der Waals surface area contributed by atoms with E-state index >= 15 is 0 Å². The summed E-state index contributed by atoms with van der Waals surface area (Å²) in [7, 11) is 2.55. The van der Waals surface area contributed by atoms with Gasteiger partial charge in [0.1, 0.15) is 6.10 Å². The van der Waals surface area contributed by atoms with Crippen LogP contribution in [0.25, 0.3) is 6.08 Å². The Bertz CT molecular complexity index is 795. The van der Waals surface area contributed by atoms with Crippen molar-refractivity contribution in [3.05, 3.63) is 37.4 Å². The van der Waals surface area contributed by atoms with Crippen molar-refractivity contribution in [1.82, 2.24) is 0 Å². The smallest absolute Gasteiger partial charge is 0.294 e. The SMILES string of the molecule is COc1c(O)c(C)c(/C=C/C2OC[C@@H](O[N+](=O)[O-])[C@H]2O[N+](=O)[O-])c(O)c1OC. The molecule has 13 nitrogen and oxygen atoms in total. The number of ether oxygens (including phenoxy) is 3. The van der Waals surface area contributed by atoms with Gasteiger partial charge in [-0.1, -0.05) is 12.2 Å². The normalized spacial score (nSPS) is 21.5. The van der Waals surface area contributed by atoms with Gasteiger partial charge in [-0.3, -0.25) is 0 Å². The van der Waals surface area contributed by atoms with E-state index < -0.39 is 28.5 Å². The van der Waals surface area contributed by atoms with E-state index in [1.165, 1.54) is 33.3 Å². The Morgan fingerprint density at radius 1 is 1.07 bits per heavy atom. The van der Waals surface area contributed by atoms with Gasteiger partial charge >= 0.3 is 0 Å². The molecule has 2 N–H and O–H groups in total. The first-order valence-electron chi connectivity index (χ1n) is 7.79. The molecule has 28 heavy (non-hydrogen) atoms. The minimum atomic E-state index is -1.41. The van der Waals surface area contributed by atoms with Gasteiger partial charge in [0, 0.05) is 11.1 Å². The number of benzene rings is 1. The molecule has 0 bridgehead atoms. The maximum atomic E-state index is 10.7. The lowest BCUT2D eigenvalue weighted by molar-refractivity contribution is -0.796. The molecular formula is C15H18N2O11. The molecule has 1 heterocycles. The molecule has 0 amide bonds. The number of methoxy groups -OCH3 is 2. The van der Waals surface area contributed by atoms with Crippen LogP contribution in [-0.2, 0) is 14.4 Å². The standard InChI is InChI=1S/C15H18N2O11/c1-7-8(12(19)15(25-3)14(24-2)11(7)18)4-5-9-13(28-17(22)23)10(6-26-9)27-16(20)21/h4-5,9-10,13,18-19H,6H2,1-3H3/b5-4+/t9?,10-,13+/m1/s1. The third-order valence-electron chi connectivity index (χ3n) is 4.08. The monoisotopic (exact) mass is 402 g/mol. The molecule has 1 aromatic carbocycles. The van der Waals surface area contributed by atoms with Crippen LogP contribution >= 0.6 is 0 Å². The second-order valence-corrected chi connectivity index (χ2v) is 5.62. The van der Waals surface area contributed by atoms with Crippen molar-refractivity contribution in [2.45, 2.75) is 25.2 Å². The molecular weight excluding hydrogens is 384 g/mol. The zero-order valence-electron chi connectivity index (χ0n) is 15.1. The van der Waals surface area contributed by atoms with E-state index in [-0.39, 0.29) is 40.7 Å². The first kappa shape index (κ1) is 20.8. The minimum absolute atomic E-state index is 0.0687. The molecule has 1 aliphatic heterocycles. The fourth-order valence-corrected chi connectivity index (χ4v) is 2.79. The zero-order valence-corrected chi connectivity index (χ0v) is 15.1. The highest BCUT2D eigenvalue weighted by molar-refractivity contribution is 5.74. The largest absolute Gasteiger partial charge is 0.504 e. The van der Waals surface area contributed by atoms with Crippen LogP contribution in [0.15, 0.2) is 6.08 Å². The van der Waals surface area contributed by atoms with Crippen molar-refractivity contribution < 1.29 is 44.3 Å². The number of hydrogen-bond donors (Lipinski definition) is 2. The van der Waals surface area contributed by atoms with Crippen LogP contribution in [0.3, 0.4) is 0 Å². The van der Waals surface area contributed by atoms with Gasteiger partial charge in [-0.05, 0) is 6.92 Å². The summed E-state index contributed by atoms with van der Waals surface area (Å²) in [5.74, 6) is -0.823. The Hall–Kier alpha value is -3.48. The number of hydrogen-bond acceptors (Lipinski definition) is 11. The Kier molecular flexibility index (Phi) is 6.30. The average Bonchev–Trinajstić information content (AvgIpc) is 2.98. The fraction of sp³-hybridized carbons (Fsp3) is 0.467. The van der Waals surface area contributed by atoms with Gasteiger partial charge in [0.2, 0.25) is 11.5 Å². The first-order chi connectivity index (χ1) is 13.2. The zero-order chi connectivity index (χ0) is 21.0. The molecule has 1 aliphatic rings. The molecule has 13 heteroatoms. The third kappa shape index (κ3) is 4.09. The van der Waals surface area contributed by atoms with Gasteiger partial charge in [0.15, 0.2) is 23.7 Å². The van der Waals surface area contributed by atoms with E-state index in [4.69, 9.17) is 14.2 Å². The van der Waals surface area contributed by atoms with E-state index in [9.17, 15) is 30.4 Å². The maximum absolute atomic E-state index is 10.7. The number of aromatic hydroxyl groups is 2. The van der Waals surface area contributed by atoms with Crippen LogP contribution in [0.2, 0.25) is 0 Å². The average molecular weight is 402 g/mol. The van der Waals surface area contributed by atoms with E-state index in [0.29, 0.717) is 0 Å². The van der Waals surface area contributed by atoms with Crippen LogP contribution in [-0.4, -0.2) is 59.5 Å². The topological polar surface area (TPSA) is 173 Å². The number of rotatable bonds is 8. The molecule has 0 aromatic heterocycles. The summed E-state index contributed by atoms with van der Waals surface area (Å²) in [5, 5.41) is 39.6. The third-order valence-corrected chi connectivity index (χ3v) is 4.08. The predicted molar refractivity (Wildman–Crippen MR) is 90.1 cm³/mol. The highest BCUT2D eigenvalue weighted by atomic mass is 17.0. The lowest BCUT2D eigenvalue weighted by atomic mass is 10.0. The molecule has 154 valence electrons. The summed E-state index contributed by atoms with van der Waals surface area (Å²) in [6.07, 6.45) is -1.23. The van der Waals surface area contributed by atoms with Crippen molar-refractivity contribution in [3.8, 4) is 23.0 Å². The van der Waals surface area contributed by atoms with Gasteiger partial charge in [-0.2, -0.15) is 0 Å². The van der Waals surface area contributed by atoms with Gasteiger partial charge < -0.3 is 34.1 Å². The van der Waals surface area contributed by atoms with Crippen LogP contribution in [0.5, 0.6) is 23.0 Å². The van der Waals surface area contributed by atoms with E-state index in [0.717, 1.165) is 0 Å². The van der Waals surface area contributed by atoms with Crippen molar-refractivity contribution in [1.29, 1.82) is 0 Å². The molecule has 1 saturated heterocycles. The van der Waals surface area contributed by atoms with E-state index in [1.54, 1.807) is 0 Å². The first-order valence-corrected chi connectivity index (χ1v) is 7.79. The summed E-state index contributed by atoms with van der Waals surface area (Å²) >= 11 is 0. The molecule has 0 radical (unpaired) electrons. The lowest BCUT2D eigenvalue weighted by Gasteiger charge is -2.18. The van der Waals surface area contributed by atoms with Crippen molar-refractivity contribution in [3.63, 3.8) is 0 Å². The summed E-state index contributed by atoms with van der Waals surface area (Å²) < 4.78 is 15.3. The molecule has 2 rings (SSSR count). The Labute approximate surface area is 157 Å². The lowest BCUT2D eigenvalue weighted by Crippen LogP contribution is -2.37. The maximum Gasteiger partial charge on any atom is 0.294 e. The van der Waals surface area contributed by atoms with Crippen LogP contribution < -0.4 is 9.47 Å². The predicted octanol–water partition coefficient (Wildman–Crippen LogP) is 0.989. The second-order valence-electron chi connectivity index (χ2n) is 5.62. The summed E-state index contributed by atoms with van der Waals surface area (Å²) in [6.45, 7) is 1.17. The number of nitrogens with zero attached hydrogens (tertiary/aromatic N) is 2. The molecule has 1 aromatic rings. The second kappa shape index (κ2) is 8.47. The van der Waals surface area contributed by atoms with Crippen molar-refractivity contribution >= 4 is 6.08 Å². The molecule has 0 spiro atoms. The molecule has 1 unspecified atom stereocenters. The van der Waals surface area contributed by atoms with Crippen LogP contribution in [0, 0.1) is 27.2 Å². The van der Waals surface area contributed by atoms with Gasteiger partial charge in [0.05, 0.1) is 20.8 Å².